The van der Waals surface area contributed by atoms with Gasteiger partial charge in [0, 0.05) is 19.0 Å². The Hall–Kier alpha value is -2.55. The molecule has 10 heteroatoms. The molecule has 1 fully saturated rings. The van der Waals surface area contributed by atoms with Gasteiger partial charge in [-0.2, -0.15) is 23.0 Å². The van der Waals surface area contributed by atoms with Crippen molar-refractivity contribution >= 4 is 23.2 Å². The van der Waals surface area contributed by atoms with Gasteiger partial charge in [0.1, 0.15) is 5.02 Å². The topological polar surface area (TPSA) is 76.0 Å². The number of nitrogens with one attached hydrogen (secondary N) is 2. The van der Waals surface area contributed by atoms with E-state index in [-0.39, 0.29) is 28.2 Å². The van der Waals surface area contributed by atoms with E-state index in [2.05, 4.69) is 15.7 Å². The first-order valence-corrected chi connectivity index (χ1v) is 8.62. The van der Waals surface area contributed by atoms with Crippen molar-refractivity contribution < 1.29 is 18.0 Å². The third-order valence-corrected chi connectivity index (χ3v) is 4.39. The lowest BCUT2D eigenvalue weighted by Gasteiger charge is -2.12. The maximum absolute atomic E-state index is 12.8. The summed E-state index contributed by atoms with van der Waals surface area (Å²) in [5.41, 5.74) is -1.44. The number of anilines is 1. The molecule has 27 heavy (non-hydrogen) atoms. The maximum Gasteiger partial charge on any atom is 0.416 e. The summed E-state index contributed by atoms with van der Waals surface area (Å²) in [5, 5.41) is 9.32. The molecule has 3 rings (SSSR count). The Morgan fingerprint density at radius 1 is 1.30 bits per heavy atom. The highest BCUT2D eigenvalue weighted by Crippen LogP contribution is 2.30. The normalized spacial score (nSPS) is 14.1. The van der Waals surface area contributed by atoms with E-state index in [0.29, 0.717) is 13.1 Å². The molecule has 2 N–H and O–H groups in total. The highest BCUT2D eigenvalue weighted by atomic mass is 35.5. The van der Waals surface area contributed by atoms with Gasteiger partial charge in [0.15, 0.2) is 0 Å². The minimum atomic E-state index is -4.53. The fourth-order valence-electron chi connectivity index (χ4n) is 2.43. The summed E-state index contributed by atoms with van der Waals surface area (Å²) >= 11 is 6.03. The molecule has 0 radical (unpaired) electrons. The number of carbonyl (C=O) groups excluding carboxylic acids is 1. The van der Waals surface area contributed by atoms with Gasteiger partial charge in [-0.15, -0.1) is 0 Å². The van der Waals surface area contributed by atoms with Crippen LogP contribution in [0.3, 0.4) is 0 Å². The Labute approximate surface area is 157 Å². The number of carbonyl (C=O) groups is 1. The number of aromatic nitrogens is 2. The van der Waals surface area contributed by atoms with Crippen LogP contribution >= 0.6 is 11.6 Å². The number of amides is 1. The van der Waals surface area contributed by atoms with E-state index in [0.717, 1.165) is 29.7 Å². The molecule has 1 amide bonds. The zero-order chi connectivity index (χ0) is 19.6. The van der Waals surface area contributed by atoms with Gasteiger partial charge >= 0.3 is 6.18 Å². The Bertz CT molecular complexity index is 910. The predicted molar refractivity (Wildman–Crippen MR) is 94.1 cm³/mol. The van der Waals surface area contributed by atoms with E-state index in [9.17, 15) is 22.8 Å². The van der Waals surface area contributed by atoms with Crippen LogP contribution in [0.15, 0.2) is 35.3 Å². The Balaban J connectivity index is 1.71. The van der Waals surface area contributed by atoms with Crippen LogP contribution in [-0.2, 0) is 11.0 Å². The summed E-state index contributed by atoms with van der Waals surface area (Å²) < 4.78 is 39.3. The minimum absolute atomic E-state index is 0.000913. The third kappa shape index (κ3) is 4.60. The molecule has 1 aromatic heterocycles. The SMILES string of the molecule is O=C(NCCNc1cnn(-c2cccc(C(F)(F)F)c2)c(=O)c1Cl)C1CC1. The van der Waals surface area contributed by atoms with Crippen LogP contribution in [0.5, 0.6) is 0 Å². The van der Waals surface area contributed by atoms with Crippen LogP contribution in [0.4, 0.5) is 18.9 Å². The monoisotopic (exact) mass is 400 g/mol. The summed E-state index contributed by atoms with van der Waals surface area (Å²) in [4.78, 5) is 23.9. The quantitative estimate of drug-likeness (QED) is 0.731. The summed E-state index contributed by atoms with van der Waals surface area (Å²) in [6.45, 7) is 0.676. The lowest BCUT2D eigenvalue weighted by atomic mass is 10.2. The van der Waals surface area contributed by atoms with Crippen molar-refractivity contribution in [3.8, 4) is 5.69 Å². The van der Waals surface area contributed by atoms with Crippen molar-refractivity contribution in [2.45, 2.75) is 19.0 Å². The van der Waals surface area contributed by atoms with Gasteiger partial charge in [0.25, 0.3) is 5.56 Å². The second kappa shape index (κ2) is 7.59. The van der Waals surface area contributed by atoms with Crippen molar-refractivity contribution in [2.24, 2.45) is 5.92 Å². The second-order valence-electron chi connectivity index (χ2n) is 6.13. The number of alkyl halides is 3. The van der Waals surface area contributed by atoms with E-state index in [1.165, 1.54) is 18.3 Å². The standard InChI is InChI=1S/C17H16ClF3N4O2/c18-14-13(22-6-7-23-15(26)10-4-5-10)9-24-25(16(14)27)12-3-1-2-11(8-12)17(19,20)21/h1-3,8-10,22H,4-7H2,(H,23,26). The molecule has 1 aromatic carbocycles. The number of nitrogens with zero attached hydrogens (tertiary/aromatic N) is 2. The van der Waals surface area contributed by atoms with Crippen LogP contribution in [0, 0.1) is 5.92 Å². The van der Waals surface area contributed by atoms with Crippen molar-refractivity contribution in [1.82, 2.24) is 15.1 Å². The molecule has 6 nitrogen and oxygen atoms in total. The number of rotatable bonds is 6. The molecule has 144 valence electrons. The largest absolute Gasteiger partial charge is 0.416 e. The summed E-state index contributed by atoms with van der Waals surface area (Å²) in [6, 6.07) is 4.25. The average Bonchev–Trinajstić information content (AvgIpc) is 3.46. The molecule has 0 atom stereocenters. The first-order valence-electron chi connectivity index (χ1n) is 8.24. The second-order valence-corrected chi connectivity index (χ2v) is 6.51. The van der Waals surface area contributed by atoms with Crippen molar-refractivity contribution in [1.29, 1.82) is 0 Å². The Kier molecular flexibility index (Phi) is 5.41. The van der Waals surface area contributed by atoms with Crippen LogP contribution in [0.2, 0.25) is 5.02 Å². The summed E-state index contributed by atoms with van der Waals surface area (Å²) in [5.74, 6) is 0.104. The zero-order valence-electron chi connectivity index (χ0n) is 14.0. The van der Waals surface area contributed by atoms with Crippen LogP contribution in [0.25, 0.3) is 5.69 Å². The van der Waals surface area contributed by atoms with E-state index in [1.807, 2.05) is 0 Å². The number of hydrogen-bond donors (Lipinski definition) is 2. The van der Waals surface area contributed by atoms with E-state index >= 15 is 0 Å². The molecule has 0 bridgehead atoms. The lowest BCUT2D eigenvalue weighted by Crippen LogP contribution is -2.30. The summed E-state index contributed by atoms with van der Waals surface area (Å²) in [7, 11) is 0. The van der Waals surface area contributed by atoms with Gasteiger partial charge in [-0.1, -0.05) is 17.7 Å². The summed E-state index contributed by atoms with van der Waals surface area (Å²) in [6.07, 6.45) is -1.46. The van der Waals surface area contributed by atoms with Crippen molar-refractivity contribution in [3.63, 3.8) is 0 Å². The number of benzene rings is 1. The van der Waals surface area contributed by atoms with Crippen LogP contribution < -0.4 is 16.2 Å². The highest BCUT2D eigenvalue weighted by molar-refractivity contribution is 6.32. The van der Waals surface area contributed by atoms with Gasteiger partial charge in [-0.25, -0.2) is 0 Å². The smallest absolute Gasteiger partial charge is 0.381 e. The lowest BCUT2D eigenvalue weighted by molar-refractivity contribution is -0.137. The van der Waals surface area contributed by atoms with E-state index in [4.69, 9.17) is 11.6 Å². The maximum atomic E-state index is 12.8. The predicted octanol–water partition coefficient (Wildman–Crippen LogP) is 2.84. The third-order valence-electron chi connectivity index (χ3n) is 4.02. The molecule has 0 saturated heterocycles. The number of hydrogen-bond acceptors (Lipinski definition) is 4. The average molecular weight is 401 g/mol. The van der Waals surface area contributed by atoms with Crippen molar-refractivity contribution in [2.75, 3.05) is 18.4 Å². The highest BCUT2D eigenvalue weighted by Gasteiger charge is 2.31. The van der Waals surface area contributed by atoms with Gasteiger partial charge in [-0.3, -0.25) is 9.59 Å². The van der Waals surface area contributed by atoms with Crippen LogP contribution in [0.1, 0.15) is 18.4 Å². The first kappa shape index (κ1) is 19.2. The Morgan fingerprint density at radius 2 is 2.04 bits per heavy atom. The molecule has 0 aliphatic heterocycles. The Morgan fingerprint density at radius 3 is 2.70 bits per heavy atom. The molecule has 1 heterocycles. The minimum Gasteiger partial charge on any atom is -0.381 e. The fraction of sp³-hybridized carbons (Fsp3) is 0.353. The van der Waals surface area contributed by atoms with E-state index in [1.54, 1.807) is 0 Å². The molecule has 1 saturated carbocycles. The van der Waals surface area contributed by atoms with Gasteiger partial charge in [0.2, 0.25) is 5.91 Å². The molecule has 0 spiro atoms. The molecule has 0 unspecified atom stereocenters. The van der Waals surface area contributed by atoms with Gasteiger partial charge in [-0.05, 0) is 31.0 Å². The first-order chi connectivity index (χ1) is 12.8. The number of halogens is 4. The van der Waals surface area contributed by atoms with Crippen LogP contribution in [-0.4, -0.2) is 28.8 Å². The van der Waals surface area contributed by atoms with Crippen molar-refractivity contribution in [3.05, 3.63) is 51.4 Å². The fourth-order valence-corrected chi connectivity index (χ4v) is 2.62. The van der Waals surface area contributed by atoms with E-state index < -0.39 is 17.3 Å². The van der Waals surface area contributed by atoms with Gasteiger partial charge in [0.05, 0.1) is 23.1 Å². The van der Waals surface area contributed by atoms with Gasteiger partial charge < -0.3 is 10.6 Å². The zero-order valence-corrected chi connectivity index (χ0v) is 14.8. The molecule has 2 aromatic rings. The molecular formula is C17H16ClF3N4O2. The molecular weight excluding hydrogens is 385 g/mol. The molecule has 1 aliphatic rings. The molecule has 1 aliphatic carbocycles.